The highest BCUT2D eigenvalue weighted by molar-refractivity contribution is 7.89. The van der Waals surface area contributed by atoms with E-state index in [1.807, 2.05) is 0 Å². The van der Waals surface area contributed by atoms with E-state index in [0.717, 1.165) is 25.7 Å². The van der Waals surface area contributed by atoms with Gasteiger partial charge in [0.05, 0.1) is 12.3 Å². The molecule has 0 amide bonds. The fraction of sp³-hybridized carbons (Fsp3) is 0.750. The predicted molar refractivity (Wildman–Crippen MR) is 71.0 cm³/mol. The van der Waals surface area contributed by atoms with Crippen molar-refractivity contribution in [2.24, 2.45) is 0 Å². The van der Waals surface area contributed by atoms with Crippen molar-refractivity contribution in [3.8, 4) is 0 Å². The first-order valence-corrected chi connectivity index (χ1v) is 8.15. The quantitative estimate of drug-likeness (QED) is 0.868. The molecule has 108 valence electrons. The third kappa shape index (κ3) is 3.34. The summed E-state index contributed by atoms with van der Waals surface area (Å²) in [4.78, 5) is 0. The minimum absolute atomic E-state index is 0.129. The third-order valence-electron chi connectivity index (χ3n) is 3.50. The summed E-state index contributed by atoms with van der Waals surface area (Å²) >= 11 is 0. The van der Waals surface area contributed by atoms with Crippen LogP contribution in [0.4, 0.5) is 0 Å². The van der Waals surface area contributed by atoms with E-state index in [0.29, 0.717) is 13.0 Å². The van der Waals surface area contributed by atoms with Crippen molar-refractivity contribution in [3.63, 3.8) is 0 Å². The van der Waals surface area contributed by atoms with E-state index in [2.05, 4.69) is 10.2 Å². The van der Waals surface area contributed by atoms with Crippen LogP contribution in [0.2, 0.25) is 0 Å². The van der Waals surface area contributed by atoms with Crippen LogP contribution >= 0.6 is 0 Å². The van der Waals surface area contributed by atoms with E-state index in [-0.39, 0.29) is 11.1 Å². The Labute approximate surface area is 113 Å². The predicted octanol–water partition coefficient (Wildman–Crippen LogP) is 1.11. The highest BCUT2D eigenvalue weighted by Gasteiger charge is 2.33. The Morgan fingerprint density at radius 2 is 2.32 bits per heavy atom. The van der Waals surface area contributed by atoms with Crippen molar-refractivity contribution in [1.82, 2.24) is 14.5 Å². The summed E-state index contributed by atoms with van der Waals surface area (Å²) in [6, 6.07) is 1.34. The molecule has 2 N–H and O–H groups in total. The first kappa shape index (κ1) is 14.5. The number of sulfonamides is 1. The SMILES string of the molecule is CC(O)CC1CCCCCN1S(=O)(=O)c1ccn[nH]1. The van der Waals surface area contributed by atoms with E-state index in [1.165, 1.54) is 16.6 Å². The zero-order chi connectivity index (χ0) is 13.9. The van der Waals surface area contributed by atoms with Crippen molar-refractivity contribution in [2.45, 2.75) is 56.2 Å². The summed E-state index contributed by atoms with van der Waals surface area (Å²) in [5.74, 6) is 0. The molecule has 0 radical (unpaired) electrons. The second-order valence-electron chi connectivity index (χ2n) is 5.12. The molecule has 2 atom stereocenters. The summed E-state index contributed by atoms with van der Waals surface area (Å²) in [5, 5.41) is 15.9. The number of rotatable bonds is 4. The third-order valence-corrected chi connectivity index (χ3v) is 5.38. The van der Waals surface area contributed by atoms with Gasteiger partial charge in [0, 0.05) is 12.6 Å². The maximum atomic E-state index is 12.6. The molecule has 1 aliphatic heterocycles. The van der Waals surface area contributed by atoms with Gasteiger partial charge in [-0.25, -0.2) is 8.42 Å². The number of aromatic nitrogens is 2. The van der Waals surface area contributed by atoms with Crippen LogP contribution in [0.15, 0.2) is 17.3 Å². The molecule has 0 spiro atoms. The topological polar surface area (TPSA) is 86.3 Å². The van der Waals surface area contributed by atoms with Crippen LogP contribution in [0.3, 0.4) is 0 Å². The first-order valence-electron chi connectivity index (χ1n) is 6.71. The minimum Gasteiger partial charge on any atom is -0.393 e. The average Bonchev–Trinajstić information content (AvgIpc) is 2.77. The molecule has 2 heterocycles. The van der Waals surface area contributed by atoms with Crippen molar-refractivity contribution in [1.29, 1.82) is 0 Å². The molecule has 0 aliphatic carbocycles. The Hall–Kier alpha value is -0.920. The molecule has 6 nitrogen and oxygen atoms in total. The van der Waals surface area contributed by atoms with Crippen LogP contribution in [0, 0.1) is 0 Å². The number of aliphatic hydroxyl groups is 1. The van der Waals surface area contributed by atoms with Gasteiger partial charge in [0.1, 0.15) is 0 Å². The summed E-state index contributed by atoms with van der Waals surface area (Å²) < 4.78 is 26.7. The van der Waals surface area contributed by atoms with Gasteiger partial charge in [-0.2, -0.15) is 9.40 Å². The van der Waals surface area contributed by atoms with Gasteiger partial charge in [-0.05, 0) is 32.3 Å². The molecule has 19 heavy (non-hydrogen) atoms. The maximum Gasteiger partial charge on any atom is 0.260 e. The molecule has 2 rings (SSSR count). The smallest absolute Gasteiger partial charge is 0.260 e. The molecule has 1 aromatic rings. The summed E-state index contributed by atoms with van der Waals surface area (Å²) in [7, 11) is -3.53. The Kier molecular flexibility index (Phi) is 4.59. The number of aromatic amines is 1. The molecular formula is C12H21N3O3S. The van der Waals surface area contributed by atoms with Crippen LogP contribution in [-0.2, 0) is 10.0 Å². The summed E-state index contributed by atoms with van der Waals surface area (Å²) in [6.45, 7) is 2.21. The summed E-state index contributed by atoms with van der Waals surface area (Å²) in [5.41, 5.74) is 0. The van der Waals surface area contributed by atoms with Crippen LogP contribution in [-0.4, -0.2) is 46.7 Å². The molecule has 1 aromatic heterocycles. The maximum absolute atomic E-state index is 12.6. The second-order valence-corrected chi connectivity index (χ2v) is 6.98. The summed E-state index contributed by atoms with van der Waals surface area (Å²) in [6.07, 6.45) is 5.13. The van der Waals surface area contributed by atoms with Gasteiger partial charge >= 0.3 is 0 Å². The lowest BCUT2D eigenvalue weighted by atomic mass is 10.1. The normalized spacial score (nSPS) is 24.0. The zero-order valence-corrected chi connectivity index (χ0v) is 11.9. The highest BCUT2D eigenvalue weighted by atomic mass is 32.2. The van der Waals surface area contributed by atoms with E-state index < -0.39 is 16.1 Å². The van der Waals surface area contributed by atoms with E-state index >= 15 is 0 Å². The lowest BCUT2D eigenvalue weighted by molar-refractivity contribution is 0.147. The van der Waals surface area contributed by atoms with Crippen LogP contribution in [0.5, 0.6) is 0 Å². The Morgan fingerprint density at radius 3 is 2.95 bits per heavy atom. The monoisotopic (exact) mass is 287 g/mol. The number of H-pyrrole nitrogens is 1. The number of hydrogen-bond donors (Lipinski definition) is 2. The Bertz CT molecular complexity index is 484. The molecule has 1 saturated heterocycles. The number of nitrogens with one attached hydrogen (secondary N) is 1. The molecular weight excluding hydrogens is 266 g/mol. The molecule has 0 bridgehead atoms. The molecule has 0 saturated carbocycles. The Morgan fingerprint density at radius 1 is 1.53 bits per heavy atom. The minimum atomic E-state index is -3.53. The van der Waals surface area contributed by atoms with Gasteiger partial charge in [0.2, 0.25) is 0 Å². The zero-order valence-electron chi connectivity index (χ0n) is 11.1. The van der Waals surface area contributed by atoms with Crippen LogP contribution in [0.1, 0.15) is 39.0 Å². The standard InChI is InChI=1S/C12H21N3O3S/c1-10(16)9-11-5-3-2-4-8-15(11)19(17,18)12-6-7-13-14-12/h6-7,10-11,16H,2-5,8-9H2,1H3,(H,13,14). The largest absolute Gasteiger partial charge is 0.393 e. The molecule has 0 aromatic carbocycles. The number of aliphatic hydroxyl groups excluding tert-OH is 1. The first-order chi connectivity index (χ1) is 9.01. The van der Waals surface area contributed by atoms with E-state index in [4.69, 9.17) is 0 Å². The fourth-order valence-corrected chi connectivity index (χ4v) is 4.22. The van der Waals surface area contributed by atoms with Crippen molar-refractivity contribution in [3.05, 3.63) is 12.3 Å². The number of hydrogen-bond acceptors (Lipinski definition) is 4. The van der Waals surface area contributed by atoms with Crippen molar-refractivity contribution in [2.75, 3.05) is 6.54 Å². The Balaban J connectivity index is 2.27. The molecule has 2 unspecified atom stereocenters. The van der Waals surface area contributed by atoms with Gasteiger partial charge in [-0.3, -0.25) is 5.10 Å². The molecule has 1 fully saturated rings. The van der Waals surface area contributed by atoms with Gasteiger partial charge < -0.3 is 5.11 Å². The average molecular weight is 287 g/mol. The second kappa shape index (κ2) is 6.02. The lowest BCUT2D eigenvalue weighted by Gasteiger charge is -2.29. The van der Waals surface area contributed by atoms with Gasteiger partial charge in [-0.1, -0.05) is 12.8 Å². The highest BCUT2D eigenvalue weighted by Crippen LogP contribution is 2.26. The number of nitrogens with zero attached hydrogens (tertiary/aromatic N) is 2. The van der Waals surface area contributed by atoms with Crippen LogP contribution in [0.25, 0.3) is 0 Å². The van der Waals surface area contributed by atoms with Gasteiger partial charge in [0.25, 0.3) is 10.0 Å². The van der Waals surface area contributed by atoms with Crippen molar-refractivity contribution >= 4 is 10.0 Å². The van der Waals surface area contributed by atoms with Crippen molar-refractivity contribution < 1.29 is 13.5 Å². The van der Waals surface area contributed by atoms with E-state index in [9.17, 15) is 13.5 Å². The molecule has 7 heteroatoms. The fourth-order valence-electron chi connectivity index (χ4n) is 2.61. The van der Waals surface area contributed by atoms with E-state index in [1.54, 1.807) is 6.92 Å². The van der Waals surface area contributed by atoms with Gasteiger partial charge in [0.15, 0.2) is 5.03 Å². The van der Waals surface area contributed by atoms with Crippen LogP contribution < -0.4 is 0 Å². The van der Waals surface area contributed by atoms with Gasteiger partial charge in [-0.15, -0.1) is 0 Å². The lowest BCUT2D eigenvalue weighted by Crippen LogP contribution is -2.41. The molecule has 1 aliphatic rings.